The third-order valence-corrected chi connectivity index (χ3v) is 4.01. The maximum atomic E-state index is 12.7. The van der Waals surface area contributed by atoms with Crippen LogP contribution in [0.5, 0.6) is 0 Å². The minimum atomic E-state index is -0.626. The van der Waals surface area contributed by atoms with E-state index in [1.165, 1.54) is 4.52 Å². The second-order valence-corrected chi connectivity index (χ2v) is 5.78. The highest BCUT2D eigenvalue weighted by atomic mass is 16.5. The first-order valence-electron chi connectivity index (χ1n) is 8.48. The van der Waals surface area contributed by atoms with E-state index in [0.29, 0.717) is 17.9 Å². The van der Waals surface area contributed by atoms with E-state index in [0.717, 1.165) is 24.8 Å². The highest BCUT2D eigenvalue weighted by Crippen LogP contribution is 2.20. The summed E-state index contributed by atoms with van der Waals surface area (Å²) in [5.41, 5.74) is 1.56. The summed E-state index contributed by atoms with van der Waals surface area (Å²) < 4.78 is 13.3. The van der Waals surface area contributed by atoms with Gasteiger partial charge in [-0.25, -0.2) is 4.79 Å². The minimum Gasteiger partial charge on any atom is -0.472 e. The number of hydrogen-bond acceptors (Lipinski definition) is 5. The highest BCUT2D eigenvalue weighted by molar-refractivity contribution is 5.89. The normalized spacial score (nSPS) is 11.1. The molecule has 0 aromatic carbocycles. The molecule has 0 saturated heterocycles. The van der Waals surface area contributed by atoms with Crippen molar-refractivity contribution in [1.29, 1.82) is 0 Å². The van der Waals surface area contributed by atoms with Gasteiger partial charge < -0.3 is 13.7 Å². The van der Waals surface area contributed by atoms with E-state index < -0.39 is 11.5 Å². The third kappa shape index (κ3) is 3.35. The van der Waals surface area contributed by atoms with E-state index in [4.69, 9.17) is 9.15 Å². The molecule has 0 atom stereocenters. The number of furan rings is 1. The lowest BCUT2D eigenvalue weighted by Gasteiger charge is -2.10. The fourth-order valence-corrected chi connectivity index (χ4v) is 2.73. The molecule has 3 heterocycles. The van der Waals surface area contributed by atoms with E-state index in [1.807, 2.05) is 10.6 Å². The molecule has 0 fully saturated rings. The molecule has 0 aliphatic carbocycles. The molecule has 0 saturated carbocycles. The molecular weight excluding hydrogens is 322 g/mol. The number of rotatable bonds is 7. The van der Waals surface area contributed by atoms with Crippen LogP contribution in [0.1, 0.15) is 43.5 Å². The fourth-order valence-electron chi connectivity index (χ4n) is 2.73. The minimum absolute atomic E-state index is 0.00677. The molecule has 3 aromatic heterocycles. The largest absolute Gasteiger partial charge is 0.472 e. The molecule has 0 bridgehead atoms. The highest BCUT2D eigenvalue weighted by Gasteiger charge is 2.19. The summed E-state index contributed by atoms with van der Waals surface area (Å²) in [6.07, 6.45) is 7.79. The van der Waals surface area contributed by atoms with Gasteiger partial charge in [-0.15, -0.1) is 0 Å². The van der Waals surface area contributed by atoms with Crippen molar-refractivity contribution in [2.24, 2.45) is 0 Å². The number of esters is 1. The molecule has 25 heavy (non-hydrogen) atoms. The Bertz CT molecular complexity index is 922. The van der Waals surface area contributed by atoms with Crippen molar-refractivity contribution < 1.29 is 13.9 Å². The summed E-state index contributed by atoms with van der Waals surface area (Å²) in [7, 11) is 0. The Balaban J connectivity index is 2.14. The summed E-state index contributed by atoms with van der Waals surface area (Å²) in [6, 6.07) is 3.60. The van der Waals surface area contributed by atoms with Gasteiger partial charge in [0.1, 0.15) is 11.2 Å². The molecular formula is C18H21N3O4. The molecule has 0 radical (unpaired) electrons. The second kappa shape index (κ2) is 7.38. The lowest BCUT2D eigenvalue weighted by Crippen LogP contribution is -2.27. The first-order chi connectivity index (χ1) is 12.2. The number of hydrogen-bond donors (Lipinski definition) is 0. The van der Waals surface area contributed by atoms with E-state index in [2.05, 4.69) is 12.0 Å². The fraction of sp³-hybridized carbons (Fsp3) is 0.389. The predicted molar refractivity (Wildman–Crippen MR) is 92.6 cm³/mol. The SMILES string of the molecule is CCCCCn1cc(C(=O)OCC)c(=O)n2nc(-c3ccoc3)cc12. The number of carbonyl (C=O) groups is 1. The van der Waals surface area contributed by atoms with Gasteiger partial charge in [-0.3, -0.25) is 4.79 Å². The number of carbonyl (C=O) groups excluding carboxylic acids is 1. The van der Waals surface area contributed by atoms with Crippen LogP contribution >= 0.6 is 0 Å². The van der Waals surface area contributed by atoms with Gasteiger partial charge >= 0.3 is 5.97 Å². The Kier molecular flexibility index (Phi) is 5.02. The zero-order chi connectivity index (χ0) is 17.8. The van der Waals surface area contributed by atoms with Gasteiger partial charge in [0, 0.05) is 24.4 Å². The summed E-state index contributed by atoms with van der Waals surface area (Å²) >= 11 is 0. The monoisotopic (exact) mass is 343 g/mol. The van der Waals surface area contributed by atoms with Crippen LogP contribution < -0.4 is 5.56 Å². The quantitative estimate of drug-likeness (QED) is 0.486. The van der Waals surface area contributed by atoms with Gasteiger partial charge in [0.2, 0.25) is 0 Å². The van der Waals surface area contributed by atoms with Crippen LogP contribution in [0.15, 0.2) is 40.1 Å². The summed E-state index contributed by atoms with van der Waals surface area (Å²) in [6.45, 7) is 4.74. The van der Waals surface area contributed by atoms with Crippen LogP contribution in [0.2, 0.25) is 0 Å². The second-order valence-electron chi connectivity index (χ2n) is 5.78. The van der Waals surface area contributed by atoms with E-state index in [1.54, 1.807) is 31.7 Å². The predicted octanol–water partition coefficient (Wildman–Crippen LogP) is 3.12. The number of aryl methyl sites for hydroxylation is 1. The Labute approximate surface area is 144 Å². The van der Waals surface area contributed by atoms with Crippen molar-refractivity contribution in [2.75, 3.05) is 6.61 Å². The molecule has 0 amide bonds. The number of unbranched alkanes of at least 4 members (excludes halogenated alkanes) is 2. The Morgan fingerprint density at radius 3 is 2.84 bits per heavy atom. The Hall–Kier alpha value is -2.83. The van der Waals surface area contributed by atoms with Crippen molar-refractivity contribution in [2.45, 2.75) is 39.7 Å². The van der Waals surface area contributed by atoms with Crippen molar-refractivity contribution >= 4 is 11.6 Å². The molecule has 7 nitrogen and oxygen atoms in total. The lowest BCUT2D eigenvalue weighted by molar-refractivity contribution is 0.0522. The topological polar surface area (TPSA) is 78.7 Å². The van der Waals surface area contributed by atoms with Crippen molar-refractivity contribution in [1.82, 2.24) is 14.2 Å². The van der Waals surface area contributed by atoms with Crippen LogP contribution in [0.3, 0.4) is 0 Å². The van der Waals surface area contributed by atoms with Crippen LogP contribution in [0, 0.1) is 0 Å². The molecule has 0 aliphatic rings. The number of ether oxygens (including phenoxy) is 1. The molecule has 0 N–H and O–H groups in total. The van der Waals surface area contributed by atoms with Gasteiger partial charge in [-0.05, 0) is 19.4 Å². The number of nitrogens with zero attached hydrogens (tertiary/aromatic N) is 3. The zero-order valence-electron chi connectivity index (χ0n) is 14.4. The van der Waals surface area contributed by atoms with Gasteiger partial charge in [-0.2, -0.15) is 9.61 Å². The average Bonchev–Trinajstić information content (AvgIpc) is 3.26. The van der Waals surface area contributed by atoms with Gasteiger partial charge in [-0.1, -0.05) is 19.8 Å². The van der Waals surface area contributed by atoms with Crippen LogP contribution in [-0.2, 0) is 11.3 Å². The van der Waals surface area contributed by atoms with Crippen LogP contribution in [0.4, 0.5) is 0 Å². The van der Waals surface area contributed by atoms with Gasteiger partial charge in [0.15, 0.2) is 0 Å². The van der Waals surface area contributed by atoms with Crippen LogP contribution in [0.25, 0.3) is 16.9 Å². The average molecular weight is 343 g/mol. The van der Waals surface area contributed by atoms with E-state index in [9.17, 15) is 9.59 Å². The number of fused-ring (bicyclic) bond motifs is 1. The Morgan fingerprint density at radius 1 is 1.32 bits per heavy atom. The molecule has 3 aromatic rings. The first kappa shape index (κ1) is 17.0. The van der Waals surface area contributed by atoms with Crippen molar-refractivity contribution in [3.8, 4) is 11.3 Å². The summed E-state index contributed by atoms with van der Waals surface area (Å²) in [5, 5.41) is 4.36. The maximum Gasteiger partial charge on any atom is 0.345 e. The van der Waals surface area contributed by atoms with Crippen molar-refractivity contribution in [3.63, 3.8) is 0 Å². The molecule has 132 valence electrons. The molecule has 0 unspecified atom stereocenters. The first-order valence-corrected chi connectivity index (χ1v) is 8.48. The standard InChI is InChI=1S/C18H21N3O4/c1-3-5-6-8-20-11-14(18(23)25-4-2)17(22)21-16(20)10-15(19-21)13-7-9-24-12-13/h7,9-12H,3-6,8H2,1-2H3. The molecule has 7 heteroatoms. The van der Waals surface area contributed by atoms with Gasteiger partial charge in [0.05, 0.1) is 24.8 Å². The Morgan fingerprint density at radius 2 is 2.16 bits per heavy atom. The van der Waals surface area contributed by atoms with Crippen LogP contribution in [-0.4, -0.2) is 26.8 Å². The molecule has 3 rings (SSSR count). The zero-order valence-corrected chi connectivity index (χ0v) is 14.4. The smallest absolute Gasteiger partial charge is 0.345 e. The molecule has 0 aliphatic heterocycles. The molecule has 0 spiro atoms. The van der Waals surface area contributed by atoms with E-state index >= 15 is 0 Å². The summed E-state index contributed by atoms with van der Waals surface area (Å²) in [5.74, 6) is -0.626. The van der Waals surface area contributed by atoms with Gasteiger partial charge in [0.25, 0.3) is 5.56 Å². The summed E-state index contributed by atoms with van der Waals surface area (Å²) in [4.78, 5) is 24.8. The lowest BCUT2D eigenvalue weighted by atomic mass is 10.2. The maximum absolute atomic E-state index is 12.7. The number of aromatic nitrogens is 3. The van der Waals surface area contributed by atoms with Crippen molar-refractivity contribution in [3.05, 3.63) is 46.8 Å². The third-order valence-electron chi connectivity index (χ3n) is 4.01. The van der Waals surface area contributed by atoms with E-state index in [-0.39, 0.29) is 12.2 Å².